The first-order chi connectivity index (χ1) is 9.92. The molecule has 1 rings (SSSR count). The maximum atomic E-state index is 12.0. The van der Waals surface area contributed by atoms with E-state index < -0.39 is 0 Å². The lowest BCUT2D eigenvalue weighted by molar-refractivity contribution is -0.116. The van der Waals surface area contributed by atoms with E-state index in [0.717, 1.165) is 6.42 Å². The van der Waals surface area contributed by atoms with Gasteiger partial charge in [-0.2, -0.15) is 0 Å². The summed E-state index contributed by atoms with van der Waals surface area (Å²) in [7, 11) is 0. The van der Waals surface area contributed by atoms with Crippen molar-refractivity contribution in [3.8, 4) is 0 Å². The van der Waals surface area contributed by atoms with Crippen molar-refractivity contribution in [2.75, 3.05) is 25.0 Å². The van der Waals surface area contributed by atoms with Crippen molar-refractivity contribution in [2.24, 2.45) is 5.92 Å². The lowest BCUT2D eigenvalue weighted by Gasteiger charge is -2.22. The molecule has 0 aromatic carbocycles. The number of anilines is 1. The summed E-state index contributed by atoms with van der Waals surface area (Å²) in [6, 6.07) is 1.40. The van der Waals surface area contributed by atoms with Gasteiger partial charge in [0.15, 0.2) is 5.82 Å². The number of nitrogens with zero attached hydrogens (tertiary/aromatic N) is 2. The number of hydrogen-bond acceptors (Lipinski definition) is 4. The van der Waals surface area contributed by atoms with Gasteiger partial charge in [0.2, 0.25) is 5.91 Å². The van der Waals surface area contributed by atoms with Crippen LogP contribution < -0.4 is 10.6 Å². The zero-order chi connectivity index (χ0) is 15.8. The van der Waals surface area contributed by atoms with Crippen LogP contribution in [-0.2, 0) is 4.79 Å². The van der Waals surface area contributed by atoms with Crippen LogP contribution in [0.25, 0.3) is 0 Å². The van der Waals surface area contributed by atoms with Gasteiger partial charge in [0.05, 0.1) is 0 Å². The highest BCUT2D eigenvalue weighted by molar-refractivity contribution is 5.93. The lowest BCUT2D eigenvalue weighted by atomic mass is 10.1. The first-order valence-corrected chi connectivity index (χ1v) is 7.18. The third-order valence-corrected chi connectivity index (χ3v) is 2.82. The number of amides is 3. The lowest BCUT2D eigenvalue weighted by Crippen LogP contribution is -2.44. The van der Waals surface area contributed by atoms with Crippen LogP contribution in [0.2, 0.25) is 0 Å². The largest absolute Gasteiger partial charge is 0.360 e. The molecule has 1 aromatic heterocycles. The van der Waals surface area contributed by atoms with Gasteiger partial charge in [-0.25, -0.2) is 4.79 Å². The van der Waals surface area contributed by atoms with E-state index in [0.29, 0.717) is 30.6 Å². The van der Waals surface area contributed by atoms with E-state index in [4.69, 9.17) is 4.52 Å². The Balaban J connectivity index is 2.57. The Morgan fingerprint density at radius 2 is 2.14 bits per heavy atom. The summed E-state index contributed by atoms with van der Waals surface area (Å²) in [5, 5.41) is 9.02. The molecule has 0 saturated heterocycles. The number of aromatic nitrogens is 1. The fourth-order valence-electron chi connectivity index (χ4n) is 1.71. The average Bonchev–Trinajstić information content (AvgIpc) is 2.79. The fraction of sp³-hybridized carbons (Fsp3) is 0.643. The number of hydrogen-bond donors (Lipinski definition) is 2. The first kappa shape index (κ1) is 17.0. The summed E-state index contributed by atoms with van der Waals surface area (Å²) in [5.41, 5.74) is 0. The molecule has 0 spiro atoms. The van der Waals surface area contributed by atoms with Gasteiger partial charge in [0.1, 0.15) is 12.3 Å². The van der Waals surface area contributed by atoms with E-state index in [9.17, 15) is 9.59 Å². The maximum absolute atomic E-state index is 12.0. The van der Waals surface area contributed by atoms with E-state index in [1.165, 1.54) is 4.90 Å². The maximum Gasteiger partial charge on any atom is 0.317 e. The fourth-order valence-corrected chi connectivity index (χ4v) is 1.71. The van der Waals surface area contributed by atoms with Gasteiger partial charge in [-0.3, -0.25) is 4.79 Å². The van der Waals surface area contributed by atoms with Gasteiger partial charge in [0, 0.05) is 19.2 Å². The predicted molar refractivity (Wildman–Crippen MR) is 80.0 cm³/mol. The van der Waals surface area contributed by atoms with Crippen LogP contribution in [0.5, 0.6) is 0 Å². The van der Waals surface area contributed by atoms with Gasteiger partial charge < -0.3 is 20.1 Å². The Bertz CT molecular complexity index is 471. The van der Waals surface area contributed by atoms with Gasteiger partial charge in [-0.1, -0.05) is 19.0 Å². The van der Waals surface area contributed by atoms with Crippen LogP contribution in [0.4, 0.5) is 10.6 Å². The zero-order valence-corrected chi connectivity index (χ0v) is 13.1. The van der Waals surface area contributed by atoms with Crippen molar-refractivity contribution < 1.29 is 14.1 Å². The predicted octanol–water partition coefficient (Wildman–Crippen LogP) is 2.00. The third-order valence-electron chi connectivity index (χ3n) is 2.82. The normalized spacial score (nSPS) is 10.5. The van der Waals surface area contributed by atoms with Crippen molar-refractivity contribution in [1.29, 1.82) is 0 Å². The molecule has 21 heavy (non-hydrogen) atoms. The van der Waals surface area contributed by atoms with Crippen molar-refractivity contribution in [3.63, 3.8) is 0 Å². The minimum atomic E-state index is -0.293. The summed E-state index contributed by atoms with van der Waals surface area (Å²) in [6.45, 7) is 8.80. The summed E-state index contributed by atoms with van der Waals surface area (Å²) < 4.78 is 4.88. The molecule has 1 heterocycles. The van der Waals surface area contributed by atoms with E-state index in [2.05, 4.69) is 29.6 Å². The number of carbonyl (C=O) groups is 2. The molecule has 1 aromatic rings. The minimum absolute atomic E-state index is 0.00946. The van der Waals surface area contributed by atoms with Gasteiger partial charge in [-0.05, 0) is 26.2 Å². The van der Waals surface area contributed by atoms with Gasteiger partial charge >= 0.3 is 6.03 Å². The quantitative estimate of drug-likeness (QED) is 0.805. The van der Waals surface area contributed by atoms with E-state index in [1.54, 1.807) is 13.0 Å². The third kappa shape index (κ3) is 6.29. The van der Waals surface area contributed by atoms with Crippen molar-refractivity contribution in [1.82, 2.24) is 15.4 Å². The van der Waals surface area contributed by atoms with Crippen molar-refractivity contribution in [2.45, 2.75) is 34.1 Å². The summed E-state index contributed by atoms with van der Waals surface area (Å²) in [6.07, 6.45) is 0.841. The van der Waals surface area contributed by atoms with Crippen LogP contribution in [0.1, 0.15) is 33.0 Å². The van der Waals surface area contributed by atoms with Crippen molar-refractivity contribution in [3.05, 3.63) is 11.8 Å². The molecule has 118 valence electrons. The molecule has 3 amide bonds. The second-order valence-electron chi connectivity index (χ2n) is 5.31. The Morgan fingerprint density at radius 1 is 1.43 bits per heavy atom. The second kappa shape index (κ2) is 8.28. The van der Waals surface area contributed by atoms with Crippen LogP contribution in [0.15, 0.2) is 10.6 Å². The number of nitrogens with one attached hydrogen (secondary N) is 2. The molecule has 0 bridgehead atoms. The van der Waals surface area contributed by atoms with E-state index in [1.807, 2.05) is 6.92 Å². The van der Waals surface area contributed by atoms with Gasteiger partial charge in [0.25, 0.3) is 0 Å². The second-order valence-corrected chi connectivity index (χ2v) is 5.31. The molecule has 0 radical (unpaired) electrons. The summed E-state index contributed by atoms with van der Waals surface area (Å²) in [5.74, 6) is 1.14. The van der Waals surface area contributed by atoms with Crippen LogP contribution in [0, 0.1) is 12.8 Å². The smallest absolute Gasteiger partial charge is 0.317 e. The summed E-state index contributed by atoms with van der Waals surface area (Å²) >= 11 is 0. The van der Waals surface area contributed by atoms with Crippen LogP contribution in [0.3, 0.4) is 0 Å². The highest BCUT2D eigenvalue weighted by Gasteiger charge is 2.17. The molecular formula is C14H24N4O3. The van der Waals surface area contributed by atoms with Crippen molar-refractivity contribution >= 4 is 17.8 Å². The summed E-state index contributed by atoms with van der Waals surface area (Å²) in [4.78, 5) is 25.4. The highest BCUT2D eigenvalue weighted by Crippen LogP contribution is 2.07. The molecule has 0 aliphatic rings. The number of carbonyl (C=O) groups excluding carboxylic acids is 2. The highest BCUT2D eigenvalue weighted by atomic mass is 16.5. The molecule has 0 aliphatic carbocycles. The van der Waals surface area contributed by atoms with E-state index in [-0.39, 0.29) is 18.5 Å². The van der Waals surface area contributed by atoms with Crippen LogP contribution in [-0.4, -0.2) is 41.6 Å². The van der Waals surface area contributed by atoms with E-state index >= 15 is 0 Å². The standard InChI is InChI=1S/C14H24N4O3/c1-5-15-14(20)18(7-6-10(2)3)9-13(19)16-12-8-11(4)21-17-12/h8,10H,5-7,9H2,1-4H3,(H,15,20)(H,16,17,19). The Labute approximate surface area is 125 Å². The first-order valence-electron chi connectivity index (χ1n) is 7.18. The molecular weight excluding hydrogens is 272 g/mol. The number of rotatable bonds is 7. The Hall–Kier alpha value is -2.05. The molecule has 7 nitrogen and oxygen atoms in total. The Kier molecular flexibility index (Phi) is 6.71. The Morgan fingerprint density at radius 3 is 2.67 bits per heavy atom. The topological polar surface area (TPSA) is 87.5 Å². The molecule has 7 heteroatoms. The number of aryl methyl sites for hydroxylation is 1. The van der Waals surface area contributed by atoms with Crippen LogP contribution >= 0.6 is 0 Å². The minimum Gasteiger partial charge on any atom is -0.360 e. The molecule has 0 aliphatic heterocycles. The molecule has 2 N–H and O–H groups in total. The molecule has 0 fully saturated rings. The number of urea groups is 1. The molecule has 0 saturated carbocycles. The monoisotopic (exact) mass is 296 g/mol. The SMILES string of the molecule is CCNC(=O)N(CCC(C)C)CC(=O)Nc1cc(C)on1. The van der Waals surface area contributed by atoms with Gasteiger partial charge in [-0.15, -0.1) is 0 Å². The average molecular weight is 296 g/mol. The zero-order valence-electron chi connectivity index (χ0n) is 13.1. The molecule has 0 unspecified atom stereocenters. The molecule has 0 atom stereocenters.